The third-order valence-electron chi connectivity index (χ3n) is 4.11. The predicted molar refractivity (Wildman–Crippen MR) is 101 cm³/mol. The molecule has 3 aromatic carbocycles. The zero-order valence-electron chi connectivity index (χ0n) is 13.7. The summed E-state index contributed by atoms with van der Waals surface area (Å²) < 4.78 is 1.71. The fourth-order valence-electron chi connectivity index (χ4n) is 2.81. The van der Waals surface area contributed by atoms with E-state index in [0.717, 1.165) is 16.6 Å². The van der Waals surface area contributed by atoms with Gasteiger partial charge in [-0.05, 0) is 42.0 Å². The Morgan fingerprint density at radius 3 is 2.38 bits per heavy atom. The molecule has 0 fully saturated rings. The van der Waals surface area contributed by atoms with Gasteiger partial charge in [0.25, 0.3) is 5.91 Å². The van der Waals surface area contributed by atoms with E-state index in [0.29, 0.717) is 10.6 Å². The van der Waals surface area contributed by atoms with Crippen molar-refractivity contribution in [1.29, 1.82) is 0 Å². The van der Waals surface area contributed by atoms with E-state index < -0.39 is 6.17 Å². The molecule has 6 heteroatoms. The second-order valence-corrected chi connectivity index (χ2v) is 6.25. The maximum Gasteiger partial charge on any atom is 0.253 e. The molecule has 4 rings (SSSR count). The van der Waals surface area contributed by atoms with Crippen LogP contribution in [0.15, 0.2) is 78.9 Å². The summed E-state index contributed by atoms with van der Waals surface area (Å²) in [7, 11) is 0. The molecule has 1 aromatic heterocycles. The molecular formula is C20H15ClN4O. The van der Waals surface area contributed by atoms with Crippen molar-refractivity contribution in [2.75, 3.05) is 0 Å². The number of aromatic nitrogens is 3. The number of carbonyl (C=O) groups is 1. The summed E-state index contributed by atoms with van der Waals surface area (Å²) in [4.78, 5) is 12.7. The number of hydrogen-bond acceptors (Lipinski definition) is 3. The Balaban J connectivity index is 1.77. The van der Waals surface area contributed by atoms with Crippen molar-refractivity contribution < 1.29 is 4.79 Å². The summed E-state index contributed by atoms with van der Waals surface area (Å²) >= 11 is 6.02. The lowest BCUT2D eigenvalue weighted by Gasteiger charge is -2.20. The molecule has 4 aromatic rings. The van der Waals surface area contributed by atoms with Crippen LogP contribution in [-0.2, 0) is 0 Å². The molecule has 1 N–H and O–H groups in total. The standard InChI is InChI=1S/C20H15ClN4O/c21-16-12-10-14(11-13-16)19(22-20(26)15-6-2-1-3-7-15)25-18-9-5-4-8-17(18)23-24-25/h1-13,19H,(H,22,26). The molecule has 0 saturated heterocycles. The van der Waals surface area contributed by atoms with Gasteiger partial charge in [-0.25, -0.2) is 4.68 Å². The van der Waals surface area contributed by atoms with Crippen molar-refractivity contribution in [3.05, 3.63) is 95.0 Å². The molecule has 0 aliphatic heterocycles. The van der Waals surface area contributed by atoms with Gasteiger partial charge in [-0.15, -0.1) is 5.10 Å². The zero-order chi connectivity index (χ0) is 17.9. The van der Waals surface area contributed by atoms with E-state index in [-0.39, 0.29) is 5.91 Å². The van der Waals surface area contributed by atoms with Crippen molar-refractivity contribution in [3.8, 4) is 0 Å². The van der Waals surface area contributed by atoms with Crippen LogP contribution in [0.1, 0.15) is 22.1 Å². The van der Waals surface area contributed by atoms with Crippen molar-refractivity contribution in [1.82, 2.24) is 20.3 Å². The molecule has 1 amide bonds. The monoisotopic (exact) mass is 362 g/mol. The van der Waals surface area contributed by atoms with Crippen LogP contribution < -0.4 is 5.32 Å². The maximum atomic E-state index is 12.7. The number of nitrogens with zero attached hydrogens (tertiary/aromatic N) is 3. The number of carbonyl (C=O) groups excluding carboxylic acids is 1. The highest BCUT2D eigenvalue weighted by molar-refractivity contribution is 6.30. The van der Waals surface area contributed by atoms with Gasteiger partial charge in [-0.1, -0.05) is 59.3 Å². The lowest BCUT2D eigenvalue weighted by atomic mass is 10.1. The summed E-state index contributed by atoms with van der Waals surface area (Å²) in [6.45, 7) is 0. The van der Waals surface area contributed by atoms with Gasteiger partial charge in [-0.3, -0.25) is 4.79 Å². The molecule has 0 aliphatic carbocycles. The summed E-state index contributed by atoms with van der Waals surface area (Å²) in [5.41, 5.74) is 3.03. The molecule has 1 heterocycles. The summed E-state index contributed by atoms with van der Waals surface area (Å²) in [5, 5.41) is 12.1. The van der Waals surface area contributed by atoms with E-state index in [9.17, 15) is 4.79 Å². The number of amides is 1. The second kappa shape index (κ2) is 6.98. The molecule has 0 aliphatic rings. The average Bonchev–Trinajstić information content (AvgIpc) is 3.11. The van der Waals surface area contributed by atoms with Gasteiger partial charge in [0.05, 0.1) is 5.52 Å². The molecule has 1 atom stereocenters. The SMILES string of the molecule is O=C(NC(c1ccc(Cl)cc1)n1nnc2ccccc21)c1ccccc1. The zero-order valence-corrected chi connectivity index (χ0v) is 14.5. The van der Waals surface area contributed by atoms with Crippen LogP contribution in [0, 0.1) is 0 Å². The van der Waals surface area contributed by atoms with Crippen LogP contribution in [-0.4, -0.2) is 20.9 Å². The first-order valence-corrected chi connectivity index (χ1v) is 8.51. The highest BCUT2D eigenvalue weighted by Gasteiger charge is 2.20. The fraction of sp³-hybridized carbons (Fsp3) is 0.0500. The van der Waals surface area contributed by atoms with Crippen molar-refractivity contribution in [3.63, 3.8) is 0 Å². The largest absolute Gasteiger partial charge is 0.326 e. The number of fused-ring (bicyclic) bond motifs is 1. The van der Waals surface area contributed by atoms with Crippen LogP contribution in [0.2, 0.25) is 5.02 Å². The summed E-state index contributed by atoms with van der Waals surface area (Å²) in [5.74, 6) is -0.190. The molecule has 0 radical (unpaired) electrons. The van der Waals surface area contributed by atoms with Gasteiger partial charge in [0, 0.05) is 10.6 Å². The molecule has 0 spiro atoms. The van der Waals surface area contributed by atoms with Crippen molar-refractivity contribution in [2.45, 2.75) is 6.17 Å². The van der Waals surface area contributed by atoms with Crippen LogP contribution in [0.3, 0.4) is 0 Å². The van der Waals surface area contributed by atoms with E-state index >= 15 is 0 Å². The quantitative estimate of drug-likeness (QED) is 0.595. The smallest absolute Gasteiger partial charge is 0.253 e. The van der Waals surface area contributed by atoms with Gasteiger partial charge in [0.1, 0.15) is 5.52 Å². The number of rotatable bonds is 4. The van der Waals surface area contributed by atoms with Crippen LogP contribution in [0.25, 0.3) is 11.0 Å². The lowest BCUT2D eigenvalue weighted by molar-refractivity contribution is 0.0927. The number of para-hydroxylation sites is 1. The minimum absolute atomic E-state index is 0.190. The van der Waals surface area contributed by atoms with Gasteiger partial charge < -0.3 is 5.32 Å². The number of hydrogen-bond donors (Lipinski definition) is 1. The number of nitrogens with one attached hydrogen (secondary N) is 1. The Morgan fingerprint density at radius 1 is 0.923 bits per heavy atom. The molecule has 26 heavy (non-hydrogen) atoms. The maximum absolute atomic E-state index is 12.7. The Kier molecular flexibility index (Phi) is 4.37. The summed E-state index contributed by atoms with van der Waals surface area (Å²) in [6, 6.07) is 24.0. The predicted octanol–water partition coefficient (Wildman–Crippen LogP) is 4.06. The van der Waals surface area contributed by atoms with E-state index in [1.807, 2.05) is 54.6 Å². The molecule has 1 unspecified atom stereocenters. The summed E-state index contributed by atoms with van der Waals surface area (Å²) in [6.07, 6.45) is -0.507. The highest BCUT2D eigenvalue weighted by Crippen LogP contribution is 2.22. The van der Waals surface area contributed by atoms with Crippen LogP contribution >= 0.6 is 11.6 Å². The van der Waals surface area contributed by atoms with Crippen LogP contribution in [0.5, 0.6) is 0 Å². The van der Waals surface area contributed by atoms with E-state index in [1.165, 1.54) is 0 Å². The molecule has 128 valence electrons. The second-order valence-electron chi connectivity index (χ2n) is 5.82. The topological polar surface area (TPSA) is 59.8 Å². The van der Waals surface area contributed by atoms with Gasteiger partial charge in [-0.2, -0.15) is 0 Å². The lowest BCUT2D eigenvalue weighted by Crippen LogP contribution is -2.33. The molecule has 0 saturated carbocycles. The minimum Gasteiger partial charge on any atom is -0.326 e. The Hall–Kier alpha value is -3.18. The fourth-order valence-corrected chi connectivity index (χ4v) is 2.93. The number of benzene rings is 3. The minimum atomic E-state index is -0.507. The first kappa shape index (κ1) is 16.3. The molecular weight excluding hydrogens is 348 g/mol. The Morgan fingerprint density at radius 2 is 1.62 bits per heavy atom. The third kappa shape index (κ3) is 3.17. The Bertz CT molecular complexity index is 1040. The average molecular weight is 363 g/mol. The van der Waals surface area contributed by atoms with Crippen LogP contribution in [0.4, 0.5) is 0 Å². The molecule has 0 bridgehead atoms. The first-order chi connectivity index (χ1) is 12.7. The normalized spacial score (nSPS) is 12.0. The van der Waals surface area contributed by atoms with E-state index in [4.69, 9.17) is 11.6 Å². The van der Waals surface area contributed by atoms with Crippen molar-refractivity contribution in [2.24, 2.45) is 0 Å². The third-order valence-corrected chi connectivity index (χ3v) is 4.36. The Labute approximate surface area is 155 Å². The van der Waals surface area contributed by atoms with E-state index in [1.54, 1.807) is 28.9 Å². The van der Waals surface area contributed by atoms with E-state index in [2.05, 4.69) is 15.6 Å². The first-order valence-electron chi connectivity index (χ1n) is 8.14. The van der Waals surface area contributed by atoms with Gasteiger partial charge >= 0.3 is 0 Å². The van der Waals surface area contributed by atoms with Crippen molar-refractivity contribution >= 4 is 28.5 Å². The van der Waals surface area contributed by atoms with Gasteiger partial charge in [0.2, 0.25) is 0 Å². The molecule has 5 nitrogen and oxygen atoms in total. The number of halogens is 1. The highest BCUT2D eigenvalue weighted by atomic mass is 35.5. The van der Waals surface area contributed by atoms with Gasteiger partial charge in [0.15, 0.2) is 6.17 Å².